The Morgan fingerprint density at radius 2 is 2.28 bits per heavy atom. The Kier molecular flexibility index (Phi) is 4.29. The van der Waals surface area contributed by atoms with Gasteiger partial charge in [0.05, 0.1) is 12.6 Å². The van der Waals surface area contributed by atoms with Gasteiger partial charge in [0.15, 0.2) is 0 Å². The summed E-state index contributed by atoms with van der Waals surface area (Å²) in [5.74, 6) is 0. The van der Waals surface area contributed by atoms with Crippen LogP contribution in [0, 0.1) is 0 Å². The molecule has 6 heteroatoms. The van der Waals surface area contributed by atoms with Gasteiger partial charge < -0.3 is 10.1 Å². The van der Waals surface area contributed by atoms with E-state index < -0.39 is 12.7 Å². The van der Waals surface area contributed by atoms with Crippen molar-refractivity contribution in [1.82, 2.24) is 5.32 Å². The molecule has 18 heavy (non-hydrogen) atoms. The Morgan fingerprint density at radius 3 is 2.94 bits per heavy atom. The van der Waals surface area contributed by atoms with Gasteiger partial charge in [-0.15, -0.1) is 11.3 Å². The predicted octanol–water partition coefficient (Wildman–Crippen LogP) is 3.42. The average molecular weight is 279 g/mol. The summed E-state index contributed by atoms with van der Waals surface area (Å²) in [5, 5.41) is 2.43. The molecular weight excluding hydrogens is 263 g/mol. The molecule has 0 aliphatic heterocycles. The third-order valence-corrected chi connectivity index (χ3v) is 4.23. The largest absolute Gasteiger partial charge is 0.401 e. The quantitative estimate of drug-likeness (QED) is 0.911. The van der Waals surface area contributed by atoms with Crippen LogP contribution in [0.1, 0.15) is 34.3 Å². The molecular formula is C12H16F3NOS. The zero-order valence-electron chi connectivity index (χ0n) is 10.1. The molecule has 1 aromatic heterocycles. The van der Waals surface area contributed by atoms with Crippen molar-refractivity contribution >= 4 is 11.3 Å². The van der Waals surface area contributed by atoms with Gasteiger partial charge >= 0.3 is 6.18 Å². The number of fused-ring (bicyclic) bond motifs is 1. The molecule has 0 fully saturated rings. The van der Waals surface area contributed by atoms with Crippen LogP contribution >= 0.6 is 11.3 Å². The van der Waals surface area contributed by atoms with Gasteiger partial charge in [0.1, 0.15) is 0 Å². The maximum atomic E-state index is 12.0. The van der Waals surface area contributed by atoms with Crippen molar-refractivity contribution in [1.29, 1.82) is 0 Å². The van der Waals surface area contributed by atoms with Crippen LogP contribution in [0.15, 0.2) is 6.07 Å². The third kappa shape index (κ3) is 3.46. The summed E-state index contributed by atoms with van der Waals surface area (Å²) in [6.45, 7) is -0.670. The highest BCUT2D eigenvalue weighted by molar-refractivity contribution is 7.12. The molecule has 1 aliphatic rings. The summed E-state index contributed by atoms with van der Waals surface area (Å²) in [7, 11) is 1.68. The summed E-state index contributed by atoms with van der Waals surface area (Å²) in [6, 6.07) is 1.98. The van der Waals surface area contributed by atoms with Gasteiger partial charge in [-0.25, -0.2) is 0 Å². The van der Waals surface area contributed by atoms with E-state index in [2.05, 4.69) is 5.32 Å². The highest BCUT2D eigenvalue weighted by Gasteiger charge is 2.27. The Hall–Kier alpha value is -0.590. The first-order valence-electron chi connectivity index (χ1n) is 5.91. The Bertz CT molecular complexity index is 403. The van der Waals surface area contributed by atoms with Gasteiger partial charge in [-0.1, -0.05) is 0 Å². The van der Waals surface area contributed by atoms with E-state index in [1.807, 2.05) is 6.07 Å². The molecule has 0 bridgehead atoms. The standard InChI is InChI=1S/C12H16F3NOS/c1-17-10-3-2-4-11-9(10)5-8(18-11)6-16-7-12(13,14)15/h5,10,16H,2-4,6-7H2,1H3. The summed E-state index contributed by atoms with van der Waals surface area (Å²) in [4.78, 5) is 2.21. The number of ether oxygens (including phenoxy) is 1. The number of aryl methyl sites for hydroxylation is 1. The van der Waals surface area contributed by atoms with E-state index in [0.29, 0.717) is 0 Å². The fourth-order valence-corrected chi connectivity index (χ4v) is 3.46. The Balaban J connectivity index is 1.97. The lowest BCUT2D eigenvalue weighted by Crippen LogP contribution is -2.27. The molecule has 0 saturated heterocycles. The number of hydrogen-bond acceptors (Lipinski definition) is 3. The minimum atomic E-state index is -4.15. The number of hydrogen-bond donors (Lipinski definition) is 1. The number of halogens is 3. The normalized spacial score (nSPS) is 19.9. The van der Waals surface area contributed by atoms with Crippen LogP contribution < -0.4 is 5.32 Å². The van der Waals surface area contributed by atoms with Gasteiger partial charge in [0.25, 0.3) is 0 Å². The van der Waals surface area contributed by atoms with E-state index in [1.165, 1.54) is 4.88 Å². The van der Waals surface area contributed by atoms with Gasteiger partial charge in [-0.2, -0.15) is 13.2 Å². The molecule has 0 amide bonds. The number of methoxy groups -OCH3 is 1. The van der Waals surface area contributed by atoms with Crippen LogP contribution in [0.25, 0.3) is 0 Å². The minimum Gasteiger partial charge on any atom is -0.377 e. The fourth-order valence-electron chi connectivity index (χ4n) is 2.23. The highest BCUT2D eigenvalue weighted by Crippen LogP contribution is 2.37. The maximum absolute atomic E-state index is 12.0. The van der Waals surface area contributed by atoms with Crippen LogP contribution in [0.4, 0.5) is 13.2 Å². The molecule has 1 aliphatic carbocycles. The summed E-state index contributed by atoms with van der Waals surface area (Å²) < 4.78 is 41.5. The molecule has 1 atom stereocenters. The molecule has 1 N–H and O–H groups in total. The maximum Gasteiger partial charge on any atom is 0.401 e. The van der Waals surface area contributed by atoms with Gasteiger partial charge in [-0.05, 0) is 30.9 Å². The zero-order chi connectivity index (χ0) is 13.2. The van der Waals surface area contributed by atoms with Crippen LogP contribution in [0.5, 0.6) is 0 Å². The SMILES string of the molecule is COC1CCCc2sc(CNCC(F)(F)F)cc21. The number of thiophene rings is 1. The van der Waals surface area contributed by atoms with Crippen LogP contribution in [0.3, 0.4) is 0 Å². The predicted molar refractivity (Wildman–Crippen MR) is 64.8 cm³/mol. The molecule has 1 aromatic rings. The molecule has 0 radical (unpaired) electrons. The third-order valence-electron chi connectivity index (χ3n) is 3.02. The fraction of sp³-hybridized carbons (Fsp3) is 0.667. The first kappa shape index (κ1) is 13.8. The summed E-state index contributed by atoms with van der Waals surface area (Å²) in [5.41, 5.74) is 1.16. The molecule has 1 heterocycles. The second-order valence-corrected chi connectivity index (χ2v) is 5.65. The smallest absolute Gasteiger partial charge is 0.377 e. The van der Waals surface area contributed by atoms with Gasteiger partial charge in [0, 0.05) is 23.4 Å². The van der Waals surface area contributed by atoms with E-state index in [0.717, 1.165) is 29.7 Å². The second-order valence-electron chi connectivity index (χ2n) is 4.43. The monoisotopic (exact) mass is 279 g/mol. The summed E-state index contributed by atoms with van der Waals surface area (Å²) >= 11 is 1.60. The van der Waals surface area contributed by atoms with Crippen LogP contribution in [-0.2, 0) is 17.7 Å². The number of alkyl halides is 3. The molecule has 1 unspecified atom stereocenters. The van der Waals surface area contributed by atoms with Gasteiger partial charge in [0.2, 0.25) is 0 Å². The van der Waals surface area contributed by atoms with Crippen molar-refractivity contribution in [3.05, 3.63) is 21.4 Å². The number of rotatable bonds is 4. The van der Waals surface area contributed by atoms with E-state index in [4.69, 9.17) is 4.74 Å². The molecule has 0 aromatic carbocycles. The van der Waals surface area contributed by atoms with E-state index in [9.17, 15) is 13.2 Å². The zero-order valence-corrected chi connectivity index (χ0v) is 11.0. The van der Waals surface area contributed by atoms with E-state index in [1.54, 1.807) is 18.4 Å². The average Bonchev–Trinajstić information content (AvgIpc) is 2.69. The van der Waals surface area contributed by atoms with Crippen molar-refractivity contribution in [2.75, 3.05) is 13.7 Å². The Morgan fingerprint density at radius 1 is 1.50 bits per heavy atom. The lowest BCUT2D eigenvalue weighted by atomic mass is 9.96. The van der Waals surface area contributed by atoms with Crippen molar-refractivity contribution in [3.63, 3.8) is 0 Å². The minimum absolute atomic E-state index is 0.112. The first-order valence-corrected chi connectivity index (χ1v) is 6.73. The molecule has 2 rings (SSSR count). The lowest BCUT2D eigenvalue weighted by molar-refractivity contribution is -0.125. The van der Waals surface area contributed by atoms with E-state index in [-0.39, 0.29) is 12.6 Å². The van der Waals surface area contributed by atoms with Crippen LogP contribution in [-0.4, -0.2) is 19.8 Å². The second kappa shape index (κ2) is 5.59. The Labute approximate surface area is 108 Å². The van der Waals surface area contributed by atoms with Crippen LogP contribution in [0.2, 0.25) is 0 Å². The molecule has 2 nitrogen and oxygen atoms in total. The first-order chi connectivity index (χ1) is 8.49. The van der Waals surface area contributed by atoms with Crippen molar-refractivity contribution in [2.45, 2.75) is 38.1 Å². The molecule has 102 valence electrons. The topological polar surface area (TPSA) is 21.3 Å². The van der Waals surface area contributed by atoms with Crippen molar-refractivity contribution < 1.29 is 17.9 Å². The van der Waals surface area contributed by atoms with Gasteiger partial charge in [-0.3, -0.25) is 0 Å². The van der Waals surface area contributed by atoms with E-state index >= 15 is 0 Å². The highest BCUT2D eigenvalue weighted by atomic mass is 32.1. The lowest BCUT2D eigenvalue weighted by Gasteiger charge is -2.20. The molecule has 0 spiro atoms. The molecule has 0 saturated carbocycles. The number of nitrogens with one attached hydrogen (secondary N) is 1. The van der Waals surface area contributed by atoms with Crippen molar-refractivity contribution in [2.24, 2.45) is 0 Å². The van der Waals surface area contributed by atoms with Crippen molar-refractivity contribution in [3.8, 4) is 0 Å². The summed E-state index contributed by atoms with van der Waals surface area (Å²) in [6.07, 6.45) is -0.941.